The number of nitrogens with zero attached hydrogens (tertiary/aromatic N) is 1. The maximum atomic E-state index is 12.8. The molecule has 164 valence electrons. The molecule has 4 aromatic rings. The summed E-state index contributed by atoms with van der Waals surface area (Å²) in [5.41, 5.74) is -0.666. The number of halogens is 3. The first-order chi connectivity index (χ1) is 15.1. The number of alkyl halides is 3. The largest absolute Gasteiger partial charge is 0.501 e. The van der Waals surface area contributed by atoms with Crippen LogP contribution in [0.2, 0.25) is 0 Å². The first-order valence-electron chi connectivity index (χ1n) is 9.80. The van der Waals surface area contributed by atoms with Crippen LogP contribution in [0, 0.1) is 0 Å². The summed E-state index contributed by atoms with van der Waals surface area (Å²) in [5.74, 6) is 0. The highest BCUT2D eigenvalue weighted by atomic mass is 32.2. The molecule has 0 fully saturated rings. The molecule has 0 bridgehead atoms. The quantitative estimate of drug-likeness (QED) is 0.351. The fourth-order valence-corrected chi connectivity index (χ4v) is 4.39. The Labute approximate surface area is 184 Å². The highest BCUT2D eigenvalue weighted by molar-refractivity contribution is 7.92. The molecular formula is C25H20F3NO2S. The molecule has 0 aliphatic rings. The molecule has 0 N–H and O–H groups in total. The molecule has 0 radical (unpaired) electrons. The normalized spacial score (nSPS) is 12.2. The molecule has 0 atom stereocenters. The zero-order valence-electron chi connectivity index (χ0n) is 17.4. The number of fused-ring (bicyclic) bond motifs is 1. The topological polar surface area (TPSA) is 37.4 Å². The number of benzene rings is 4. The van der Waals surface area contributed by atoms with Crippen molar-refractivity contribution in [2.24, 2.45) is 0 Å². The summed E-state index contributed by atoms with van der Waals surface area (Å²) in [6.07, 6.45) is 0. The molecule has 4 rings (SSSR count). The molecule has 0 heterocycles. The Hall–Kier alpha value is -3.32. The van der Waals surface area contributed by atoms with E-state index in [4.69, 9.17) is 0 Å². The summed E-state index contributed by atoms with van der Waals surface area (Å²) in [6.45, 7) is 0. The Morgan fingerprint density at radius 2 is 1.34 bits per heavy atom. The van der Waals surface area contributed by atoms with Crippen LogP contribution < -0.4 is 4.90 Å². The van der Waals surface area contributed by atoms with Crippen molar-refractivity contribution in [2.45, 2.75) is 10.4 Å². The molecule has 0 aliphatic heterocycles. The lowest BCUT2D eigenvalue weighted by atomic mass is 9.95. The van der Waals surface area contributed by atoms with Gasteiger partial charge in [-0.2, -0.15) is 13.2 Å². The molecule has 0 spiro atoms. The van der Waals surface area contributed by atoms with Gasteiger partial charge in [0.2, 0.25) is 0 Å². The van der Waals surface area contributed by atoms with E-state index in [1.54, 1.807) is 0 Å². The van der Waals surface area contributed by atoms with Crippen LogP contribution in [-0.2, 0) is 9.84 Å². The van der Waals surface area contributed by atoms with Crippen LogP contribution in [0.4, 0.5) is 18.9 Å². The van der Waals surface area contributed by atoms with Gasteiger partial charge in [-0.15, -0.1) is 0 Å². The molecular weight excluding hydrogens is 435 g/mol. The van der Waals surface area contributed by atoms with Gasteiger partial charge in [0.05, 0.1) is 4.90 Å². The lowest BCUT2D eigenvalue weighted by Gasteiger charge is -2.14. The molecule has 0 aromatic heterocycles. The fraction of sp³-hybridized carbons (Fsp3) is 0.120. The van der Waals surface area contributed by atoms with E-state index in [0.29, 0.717) is 5.56 Å². The van der Waals surface area contributed by atoms with Crippen LogP contribution in [0.15, 0.2) is 89.8 Å². The third-order valence-corrected chi connectivity index (χ3v) is 6.86. The second-order valence-corrected chi connectivity index (χ2v) is 9.60. The van der Waals surface area contributed by atoms with Gasteiger partial charge < -0.3 is 4.90 Å². The molecule has 32 heavy (non-hydrogen) atoms. The molecule has 7 heteroatoms. The molecule has 0 saturated carbocycles. The van der Waals surface area contributed by atoms with Crippen molar-refractivity contribution in [2.75, 3.05) is 19.0 Å². The molecule has 0 unspecified atom stereocenters. The molecule has 0 amide bonds. The monoisotopic (exact) mass is 455 g/mol. The Kier molecular flexibility index (Phi) is 5.46. The lowest BCUT2D eigenvalue weighted by molar-refractivity contribution is -0.0436. The van der Waals surface area contributed by atoms with Crippen molar-refractivity contribution in [3.63, 3.8) is 0 Å². The van der Waals surface area contributed by atoms with E-state index in [2.05, 4.69) is 12.1 Å². The maximum Gasteiger partial charge on any atom is 0.501 e. The van der Waals surface area contributed by atoms with E-state index in [1.165, 1.54) is 12.1 Å². The van der Waals surface area contributed by atoms with Crippen molar-refractivity contribution in [3.05, 3.63) is 84.9 Å². The van der Waals surface area contributed by atoms with Crippen LogP contribution >= 0.6 is 0 Å². The summed E-state index contributed by atoms with van der Waals surface area (Å²) in [4.78, 5) is 1.27. The smallest absolute Gasteiger partial charge is 0.378 e. The summed E-state index contributed by atoms with van der Waals surface area (Å²) in [5, 5.41) is 1.90. The van der Waals surface area contributed by atoms with Crippen molar-refractivity contribution in [1.29, 1.82) is 0 Å². The number of hydrogen-bond donors (Lipinski definition) is 0. The zero-order valence-corrected chi connectivity index (χ0v) is 18.2. The van der Waals surface area contributed by atoms with E-state index < -0.39 is 20.2 Å². The first kappa shape index (κ1) is 21.9. The summed E-state index contributed by atoms with van der Waals surface area (Å²) in [7, 11) is -1.40. The Bertz CT molecular complexity index is 1390. The van der Waals surface area contributed by atoms with E-state index in [9.17, 15) is 21.6 Å². The summed E-state index contributed by atoms with van der Waals surface area (Å²) < 4.78 is 61.7. The van der Waals surface area contributed by atoms with Crippen molar-refractivity contribution >= 4 is 26.3 Å². The van der Waals surface area contributed by atoms with Gasteiger partial charge in [-0.05, 0) is 63.4 Å². The number of anilines is 1. The SMILES string of the molecule is CN(C)c1cccc(-c2ccc3c(-c4ccc(S(=O)(=O)C(F)(F)F)cc4)cccc3c2)c1. The van der Waals surface area contributed by atoms with Crippen LogP contribution in [-0.4, -0.2) is 28.0 Å². The van der Waals surface area contributed by atoms with E-state index in [0.717, 1.165) is 45.3 Å². The Balaban J connectivity index is 1.75. The molecule has 4 aromatic carbocycles. The minimum atomic E-state index is -5.37. The summed E-state index contributed by atoms with van der Waals surface area (Å²) >= 11 is 0. The van der Waals surface area contributed by atoms with Crippen LogP contribution in [0.1, 0.15) is 0 Å². The fourth-order valence-electron chi connectivity index (χ4n) is 3.63. The average Bonchev–Trinajstić information content (AvgIpc) is 2.77. The highest BCUT2D eigenvalue weighted by Gasteiger charge is 2.46. The first-order valence-corrected chi connectivity index (χ1v) is 11.3. The second kappa shape index (κ2) is 7.98. The van der Waals surface area contributed by atoms with Crippen LogP contribution in [0.25, 0.3) is 33.0 Å². The van der Waals surface area contributed by atoms with Crippen molar-refractivity contribution < 1.29 is 21.6 Å². The Morgan fingerprint density at radius 3 is 2.00 bits per heavy atom. The van der Waals surface area contributed by atoms with Gasteiger partial charge in [0.1, 0.15) is 0 Å². The van der Waals surface area contributed by atoms with E-state index in [-0.39, 0.29) is 0 Å². The lowest BCUT2D eigenvalue weighted by Crippen LogP contribution is -2.23. The van der Waals surface area contributed by atoms with Gasteiger partial charge in [0.25, 0.3) is 9.84 Å². The zero-order chi connectivity index (χ0) is 23.1. The molecule has 0 saturated heterocycles. The maximum absolute atomic E-state index is 12.8. The third-order valence-electron chi connectivity index (χ3n) is 5.36. The van der Waals surface area contributed by atoms with E-state index >= 15 is 0 Å². The highest BCUT2D eigenvalue weighted by Crippen LogP contribution is 2.35. The van der Waals surface area contributed by atoms with E-state index in [1.807, 2.05) is 67.5 Å². The number of hydrogen-bond acceptors (Lipinski definition) is 3. The van der Waals surface area contributed by atoms with Gasteiger partial charge in [0, 0.05) is 19.8 Å². The minimum absolute atomic E-state index is 0.638. The molecule has 0 aliphatic carbocycles. The van der Waals surface area contributed by atoms with Crippen LogP contribution in [0.5, 0.6) is 0 Å². The molecule has 3 nitrogen and oxygen atoms in total. The third kappa shape index (κ3) is 3.96. The predicted molar refractivity (Wildman–Crippen MR) is 122 cm³/mol. The van der Waals surface area contributed by atoms with Gasteiger partial charge >= 0.3 is 5.51 Å². The summed E-state index contributed by atoms with van der Waals surface area (Å²) in [6, 6.07) is 24.7. The van der Waals surface area contributed by atoms with Crippen LogP contribution in [0.3, 0.4) is 0 Å². The average molecular weight is 456 g/mol. The van der Waals surface area contributed by atoms with Crippen molar-refractivity contribution in [1.82, 2.24) is 0 Å². The van der Waals surface area contributed by atoms with Gasteiger partial charge in [-0.1, -0.05) is 54.6 Å². The standard InChI is InChI=1S/C25H20F3NO2S/c1-29(2)21-7-3-5-18(16-21)19-11-14-24-20(15-19)6-4-8-23(24)17-9-12-22(13-10-17)32(30,31)25(26,27)28/h3-16H,1-2H3. The van der Waals surface area contributed by atoms with Crippen molar-refractivity contribution in [3.8, 4) is 22.3 Å². The van der Waals surface area contributed by atoms with Gasteiger partial charge in [0.15, 0.2) is 0 Å². The number of rotatable bonds is 4. The second-order valence-electron chi connectivity index (χ2n) is 7.66. The van der Waals surface area contributed by atoms with Gasteiger partial charge in [-0.3, -0.25) is 0 Å². The van der Waals surface area contributed by atoms with Gasteiger partial charge in [-0.25, -0.2) is 8.42 Å². The Morgan fingerprint density at radius 1 is 0.719 bits per heavy atom. The number of sulfone groups is 1. The predicted octanol–water partition coefficient (Wildman–Crippen LogP) is 6.53. The minimum Gasteiger partial charge on any atom is -0.378 e.